The van der Waals surface area contributed by atoms with Crippen LogP contribution in [0.25, 0.3) is 0 Å². The Morgan fingerprint density at radius 3 is 2.05 bits per heavy atom. The molecule has 2 atom stereocenters. The van der Waals surface area contributed by atoms with Crippen LogP contribution in [0.15, 0.2) is 0 Å². The number of nitrogens with zero attached hydrogens (tertiary/aromatic N) is 1. The van der Waals surface area contributed by atoms with Crippen LogP contribution in [-0.2, 0) is 14.3 Å². The van der Waals surface area contributed by atoms with Gasteiger partial charge in [-0.25, -0.2) is 0 Å². The zero-order chi connectivity index (χ0) is 15.5. The number of amides is 1. The Hall–Kier alpha value is -1.10. The molecule has 5 heteroatoms. The van der Waals surface area contributed by atoms with Crippen molar-refractivity contribution in [3.63, 3.8) is 0 Å². The second kappa shape index (κ2) is 6.99. The van der Waals surface area contributed by atoms with E-state index in [1.807, 2.05) is 4.90 Å². The first-order chi connectivity index (χ1) is 10.6. The van der Waals surface area contributed by atoms with Crippen LogP contribution in [0.3, 0.4) is 0 Å². The van der Waals surface area contributed by atoms with E-state index in [1.54, 1.807) is 0 Å². The van der Waals surface area contributed by atoms with Crippen LogP contribution in [0.2, 0.25) is 0 Å². The predicted molar refractivity (Wildman–Crippen MR) is 81.4 cm³/mol. The molecule has 124 valence electrons. The number of carboxylic acid groups (broad SMARTS) is 1. The highest BCUT2D eigenvalue weighted by molar-refractivity contribution is 5.81. The van der Waals surface area contributed by atoms with Crippen LogP contribution in [0.1, 0.15) is 57.8 Å². The number of carboxylic acids is 1. The monoisotopic (exact) mass is 309 g/mol. The molecular weight excluding hydrogens is 282 g/mol. The molecule has 0 aromatic carbocycles. The van der Waals surface area contributed by atoms with Gasteiger partial charge in [0.25, 0.3) is 0 Å². The van der Waals surface area contributed by atoms with E-state index in [0.717, 1.165) is 32.4 Å². The highest BCUT2D eigenvalue weighted by atomic mass is 16.5. The molecule has 1 N–H and O–H groups in total. The van der Waals surface area contributed by atoms with E-state index >= 15 is 0 Å². The molecule has 0 unspecified atom stereocenters. The van der Waals surface area contributed by atoms with Gasteiger partial charge in [-0.2, -0.15) is 0 Å². The molecule has 22 heavy (non-hydrogen) atoms. The van der Waals surface area contributed by atoms with Crippen molar-refractivity contribution in [2.45, 2.75) is 70.0 Å². The van der Waals surface area contributed by atoms with Crippen molar-refractivity contribution < 1.29 is 19.4 Å². The number of likely N-dealkylation sites (tertiary alicyclic amines) is 1. The highest BCUT2D eigenvalue weighted by Crippen LogP contribution is 2.33. The van der Waals surface area contributed by atoms with Crippen LogP contribution >= 0.6 is 0 Å². The molecule has 1 aliphatic heterocycles. The van der Waals surface area contributed by atoms with Crippen LogP contribution in [0.4, 0.5) is 0 Å². The van der Waals surface area contributed by atoms with Gasteiger partial charge in [0.15, 0.2) is 0 Å². The van der Waals surface area contributed by atoms with Crippen molar-refractivity contribution in [2.75, 3.05) is 13.1 Å². The molecular formula is C17H27NO4. The molecule has 0 aromatic heterocycles. The zero-order valence-corrected chi connectivity index (χ0v) is 13.2. The minimum Gasteiger partial charge on any atom is -0.481 e. The van der Waals surface area contributed by atoms with Gasteiger partial charge in [-0.15, -0.1) is 0 Å². The maximum atomic E-state index is 12.5. The molecule has 3 fully saturated rings. The minimum atomic E-state index is -0.751. The topological polar surface area (TPSA) is 66.8 Å². The first kappa shape index (κ1) is 15.8. The summed E-state index contributed by atoms with van der Waals surface area (Å²) < 4.78 is 6.14. The molecule has 1 heterocycles. The number of rotatable bonds is 4. The summed E-state index contributed by atoms with van der Waals surface area (Å²) in [6.07, 6.45) is 9.46. The van der Waals surface area contributed by atoms with Gasteiger partial charge in [0.1, 0.15) is 0 Å². The largest absolute Gasteiger partial charge is 0.481 e. The predicted octanol–water partition coefficient (Wildman–Crippen LogP) is 2.44. The van der Waals surface area contributed by atoms with E-state index < -0.39 is 5.97 Å². The number of hydrogen-bond donors (Lipinski definition) is 1. The quantitative estimate of drug-likeness (QED) is 0.866. The zero-order valence-electron chi connectivity index (χ0n) is 13.2. The molecule has 1 saturated heterocycles. The lowest BCUT2D eigenvalue weighted by molar-refractivity contribution is -0.142. The van der Waals surface area contributed by atoms with Gasteiger partial charge in [-0.05, 0) is 44.9 Å². The number of aliphatic carboxylic acids is 1. The van der Waals surface area contributed by atoms with Gasteiger partial charge in [-0.3, -0.25) is 9.59 Å². The summed E-state index contributed by atoms with van der Waals surface area (Å²) in [5.41, 5.74) is 0. The molecule has 2 saturated carbocycles. The minimum absolute atomic E-state index is 0.0756. The summed E-state index contributed by atoms with van der Waals surface area (Å²) in [4.78, 5) is 25.5. The van der Waals surface area contributed by atoms with Gasteiger partial charge < -0.3 is 14.7 Å². The maximum Gasteiger partial charge on any atom is 0.306 e. The normalized spacial score (nSPS) is 30.8. The third-order valence-corrected chi connectivity index (χ3v) is 5.57. The van der Waals surface area contributed by atoms with Crippen LogP contribution in [-0.4, -0.2) is 47.2 Å². The van der Waals surface area contributed by atoms with Crippen LogP contribution in [0.5, 0.6) is 0 Å². The Morgan fingerprint density at radius 2 is 1.45 bits per heavy atom. The Labute approximate surface area is 132 Å². The molecule has 0 aromatic rings. The van der Waals surface area contributed by atoms with E-state index in [-0.39, 0.29) is 17.7 Å². The second-order valence-electron chi connectivity index (χ2n) is 7.11. The average molecular weight is 309 g/mol. The van der Waals surface area contributed by atoms with E-state index in [4.69, 9.17) is 9.84 Å². The first-order valence-corrected chi connectivity index (χ1v) is 8.80. The molecule has 1 amide bonds. The fraction of sp³-hybridized carbons (Fsp3) is 0.882. The molecule has 0 spiro atoms. The average Bonchev–Trinajstić information content (AvgIpc) is 3.18. The van der Waals surface area contributed by atoms with Gasteiger partial charge >= 0.3 is 5.97 Å². The third kappa shape index (κ3) is 3.62. The lowest BCUT2D eigenvalue weighted by atomic mass is 10.0. The van der Waals surface area contributed by atoms with E-state index in [2.05, 4.69) is 0 Å². The molecule has 0 bridgehead atoms. The number of hydrogen-bond acceptors (Lipinski definition) is 3. The van der Waals surface area contributed by atoms with Gasteiger partial charge in [0.05, 0.1) is 18.1 Å². The summed E-state index contributed by atoms with van der Waals surface area (Å²) in [7, 11) is 0. The summed E-state index contributed by atoms with van der Waals surface area (Å²) in [5.74, 6) is -0.979. The Kier molecular flexibility index (Phi) is 5.01. The van der Waals surface area contributed by atoms with Crippen molar-refractivity contribution in [3.8, 4) is 0 Å². The van der Waals surface area contributed by atoms with Crippen LogP contribution < -0.4 is 0 Å². The van der Waals surface area contributed by atoms with Crippen molar-refractivity contribution in [1.82, 2.24) is 4.90 Å². The number of carbonyl (C=O) groups is 2. The van der Waals surface area contributed by atoms with E-state index in [9.17, 15) is 9.59 Å². The Bertz CT molecular complexity index is 411. The van der Waals surface area contributed by atoms with E-state index in [1.165, 1.54) is 25.7 Å². The summed E-state index contributed by atoms with van der Waals surface area (Å²) in [5, 5.41) is 9.05. The van der Waals surface area contributed by atoms with E-state index in [0.29, 0.717) is 25.0 Å². The smallest absolute Gasteiger partial charge is 0.306 e. The molecule has 0 radical (unpaired) electrons. The Morgan fingerprint density at radius 1 is 0.864 bits per heavy atom. The number of carbonyl (C=O) groups excluding carboxylic acids is 1. The maximum absolute atomic E-state index is 12.5. The summed E-state index contributed by atoms with van der Waals surface area (Å²) >= 11 is 0. The highest BCUT2D eigenvalue weighted by Gasteiger charge is 2.37. The van der Waals surface area contributed by atoms with Gasteiger partial charge in [0.2, 0.25) is 5.91 Å². The van der Waals surface area contributed by atoms with Crippen molar-refractivity contribution in [1.29, 1.82) is 0 Å². The lowest BCUT2D eigenvalue weighted by Gasteiger charge is -2.34. The van der Waals surface area contributed by atoms with Crippen molar-refractivity contribution >= 4 is 11.9 Å². The summed E-state index contributed by atoms with van der Waals surface area (Å²) in [6.45, 7) is 1.54. The molecule has 2 aliphatic carbocycles. The summed E-state index contributed by atoms with van der Waals surface area (Å²) in [6, 6.07) is 0. The van der Waals surface area contributed by atoms with Gasteiger partial charge in [-0.1, -0.05) is 12.8 Å². The van der Waals surface area contributed by atoms with Gasteiger partial charge in [0, 0.05) is 19.0 Å². The second-order valence-corrected chi connectivity index (χ2v) is 7.11. The number of ether oxygens (including phenoxy) is 1. The first-order valence-electron chi connectivity index (χ1n) is 8.80. The third-order valence-electron chi connectivity index (χ3n) is 5.57. The Balaban J connectivity index is 1.43. The van der Waals surface area contributed by atoms with Crippen molar-refractivity contribution in [2.24, 2.45) is 11.8 Å². The lowest BCUT2D eigenvalue weighted by Crippen LogP contribution is -2.43. The molecule has 3 aliphatic rings. The fourth-order valence-electron chi connectivity index (χ4n) is 4.20. The molecule has 5 nitrogen and oxygen atoms in total. The van der Waals surface area contributed by atoms with Crippen molar-refractivity contribution in [3.05, 3.63) is 0 Å². The SMILES string of the molecule is O=C(O)[C@@H]1CC[C@H](C(=O)N2CCC(OC3CCCC3)CC2)C1. The number of piperidine rings is 1. The van der Waals surface area contributed by atoms with Crippen LogP contribution in [0, 0.1) is 11.8 Å². The molecule has 3 rings (SSSR count). The fourth-order valence-corrected chi connectivity index (χ4v) is 4.20. The standard InChI is InChI=1S/C17H27NO4/c19-16(12-5-6-13(11-12)17(20)21)18-9-7-15(8-10-18)22-14-3-1-2-4-14/h12-15H,1-11H2,(H,20,21)/t12-,13+/m0/s1.